The summed E-state index contributed by atoms with van der Waals surface area (Å²) in [5.74, 6) is 0.621. The molecule has 0 unspecified atom stereocenters. The summed E-state index contributed by atoms with van der Waals surface area (Å²) in [4.78, 5) is 10.5. The van der Waals surface area contributed by atoms with E-state index in [-0.39, 0.29) is 0 Å². The van der Waals surface area contributed by atoms with E-state index in [1.807, 2.05) is 78.9 Å². The summed E-state index contributed by atoms with van der Waals surface area (Å²) in [7, 11) is -3.21. The Kier molecular flexibility index (Phi) is 9.40. The van der Waals surface area contributed by atoms with Crippen molar-refractivity contribution in [1.29, 1.82) is 0 Å². The Morgan fingerprint density at radius 2 is 0.708 bits per heavy atom. The maximum absolute atomic E-state index is 15.6. The molecule has 0 N–H and O–H groups in total. The van der Waals surface area contributed by atoms with Crippen LogP contribution in [0.4, 0.5) is 0 Å². The quantitative estimate of drug-likeness (QED) is 0.113. The van der Waals surface area contributed by atoms with Crippen molar-refractivity contribution in [3.63, 3.8) is 0 Å². The maximum Gasteiger partial charge on any atom is 0.235 e. The lowest BCUT2D eigenvalue weighted by molar-refractivity contribution is 0.592. The molecule has 0 bridgehead atoms. The van der Waals surface area contributed by atoms with E-state index >= 15 is 4.57 Å². The van der Waals surface area contributed by atoms with Gasteiger partial charge in [0.1, 0.15) is 0 Å². The predicted molar refractivity (Wildman–Crippen MR) is 273 cm³/mol. The molecule has 12 aromatic rings. The molecule has 306 valence electrons. The molecule has 12 rings (SSSR count). The van der Waals surface area contributed by atoms with E-state index in [0.717, 1.165) is 98.5 Å². The van der Waals surface area contributed by atoms with E-state index in [1.165, 1.54) is 5.56 Å². The summed E-state index contributed by atoms with van der Waals surface area (Å²) in [6.45, 7) is 0. The van der Waals surface area contributed by atoms with Crippen molar-refractivity contribution in [2.75, 3.05) is 0 Å². The summed E-state index contributed by atoms with van der Waals surface area (Å²) in [5, 5.41) is 9.25. The molecule has 10 aromatic carbocycles. The normalized spacial score (nSPS) is 11.8. The number of para-hydroxylation sites is 1. The third-order valence-electron chi connectivity index (χ3n) is 12.7. The van der Waals surface area contributed by atoms with E-state index in [1.54, 1.807) is 0 Å². The first-order valence-electron chi connectivity index (χ1n) is 21.9. The van der Waals surface area contributed by atoms with Gasteiger partial charge < -0.3 is 4.57 Å². The monoisotopic (exact) mass is 849 g/mol. The van der Waals surface area contributed by atoms with Crippen molar-refractivity contribution in [1.82, 2.24) is 14.5 Å². The Bertz CT molecular complexity index is 3630. The third-order valence-corrected chi connectivity index (χ3v) is 15.7. The van der Waals surface area contributed by atoms with Crippen LogP contribution in [-0.4, -0.2) is 14.5 Å². The van der Waals surface area contributed by atoms with Gasteiger partial charge in [0, 0.05) is 37.8 Å². The van der Waals surface area contributed by atoms with E-state index in [4.69, 9.17) is 9.97 Å². The SMILES string of the molecule is O=P(c1ccccc1)(c1ccccc1)c1cccc(-c2c3ccccc3c(-c3ccc4c(c3)c3ccccc3n4-c3nc(-c4ccccc4)cc(-c4ccccc4)n3)c3ccccc23)c1. The second-order valence-electron chi connectivity index (χ2n) is 16.4. The van der Waals surface area contributed by atoms with Crippen LogP contribution in [0.15, 0.2) is 243 Å². The highest BCUT2D eigenvalue weighted by molar-refractivity contribution is 7.85. The topological polar surface area (TPSA) is 47.8 Å². The molecule has 2 heterocycles. The van der Waals surface area contributed by atoms with Gasteiger partial charge in [0.2, 0.25) is 5.95 Å². The highest BCUT2D eigenvalue weighted by Gasteiger charge is 2.30. The van der Waals surface area contributed by atoms with Crippen LogP contribution < -0.4 is 15.9 Å². The fraction of sp³-hybridized carbons (Fsp3) is 0. The summed E-state index contributed by atoms with van der Waals surface area (Å²) in [6.07, 6.45) is 0. The molecule has 0 aliphatic heterocycles. The highest BCUT2D eigenvalue weighted by atomic mass is 31.2. The van der Waals surface area contributed by atoms with Gasteiger partial charge in [-0.3, -0.25) is 4.57 Å². The van der Waals surface area contributed by atoms with Gasteiger partial charge in [-0.05, 0) is 74.1 Å². The number of nitrogens with zero attached hydrogens (tertiary/aromatic N) is 3. The van der Waals surface area contributed by atoms with Crippen molar-refractivity contribution in [2.45, 2.75) is 0 Å². The standard InChI is InChI=1S/C60H40N3OP/c64-65(45-25-9-3-10-26-45,46-27-11-4-12-28-46)47-29-19-24-43(38-47)58-49-31-13-15-33-51(49)59(52-34-16-14-32-50(52)58)44-36-37-57-53(39-44)48-30-17-18-35-56(48)63(57)60-61-54(41-20-5-1-6-21-41)40-55(62-60)42-22-7-2-8-23-42/h1-40H. The molecule has 0 aliphatic rings. The van der Waals surface area contributed by atoms with Crippen LogP contribution in [0, 0.1) is 0 Å². The van der Waals surface area contributed by atoms with E-state index in [0.29, 0.717) is 5.95 Å². The minimum atomic E-state index is -3.21. The lowest BCUT2D eigenvalue weighted by Gasteiger charge is -2.22. The van der Waals surface area contributed by atoms with E-state index in [2.05, 4.69) is 168 Å². The fourth-order valence-corrected chi connectivity index (χ4v) is 12.4. The molecule has 0 saturated heterocycles. The van der Waals surface area contributed by atoms with Crippen LogP contribution in [0.25, 0.3) is 94.1 Å². The van der Waals surface area contributed by atoms with Crippen LogP contribution in [0.5, 0.6) is 0 Å². The number of hydrogen-bond donors (Lipinski definition) is 0. The zero-order valence-corrected chi connectivity index (χ0v) is 36.2. The first kappa shape index (κ1) is 38.5. The van der Waals surface area contributed by atoms with Gasteiger partial charge in [0.25, 0.3) is 0 Å². The zero-order chi connectivity index (χ0) is 43.3. The Labute approximate surface area is 377 Å². The maximum atomic E-state index is 15.6. The van der Waals surface area contributed by atoms with Gasteiger partial charge in [-0.1, -0.05) is 212 Å². The number of fused-ring (bicyclic) bond motifs is 5. The van der Waals surface area contributed by atoms with Crippen molar-refractivity contribution in [3.8, 4) is 50.7 Å². The van der Waals surface area contributed by atoms with Gasteiger partial charge >= 0.3 is 0 Å². The van der Waals surface area contributed by atoms with E-state index in [9.17, 15) is 0 Å². The molecule has 2 aromatic heterocycles. The van der Waals surface area contributed by atoms with Crippen molar-refractivity contribution in [2.24, 2.45) is 0 Å². The third kappa shape index (κ3) is 6.49. The fourth-order valence-electron chi connectivity index (χ4n) is 9.72. The minimum absolute atomic E-state index is 0.621. The predicted octanol–water partition coefficient (Wildman–Crippen LogP) is 14.2. The van der Waals surface area contributed by atoms with Crippen molar-refractivity contribution >= 4 is 66.4 Å². The Morgan fingerprint density at radius 3 is 1.23 bits per heavy atom. The summed E-state index contributed by atoms with van der Waals surface area (Å²) in [5.41, 5.74) is 10.3. The molecule has 0 saturated carbocycles. The molecule has 0 atom stereocenters. The number of rotatable bonds is 8. The minimum Gasteiger partial charge on any atom is -0.309 e. The Hall–Kier alpha value is -8.17. The second-order valence-corrected chi connectivity index (χ2v) is 19.2. The van der Waals surface area contributed by atoms with Crippen LogP contribution in [0.3, 0.4) is 0 Å². The number of aromatic nitrogens is 3. The van der Waals surface area contributed by atoms with Gasteiger partial charge in [-0.2, -0.15) is 0 Å². The van der Waals surface area contributed by atoms with Crippen LogP contribution in [0.2, 0.25) is 0 Å². The van der Waals surface area contributed by atoms with Gasteiger partial charge in [-0.25, -0.2) is 9.97 Å². The molecule has 4 nitrogen and oxygen atoms in total. The summed E-state index contributed by atoms with van der Waals surface area (Å²) >= 11 is 0. The molecular weight excluding hydrogens is 810 g/mol. The average molecular weight is 850 g/mol. The Balaban J connectivity index is 1.06. The number of hydrogen-bond acceptors (Lipinski definition) is 3. The molecule has 0 spiro atoms. The molecule has 0 radical (unpaired) electrons. The molecular formula is C60H40N3OP. The summed E-state index contributed by atoms with van der Waals surface area (Å²) in [6, 6.07) is 83.8. The number of benzene rings is 10. The average Bonchev–Trinajstić information content (AvgIpc) is 3.72. The van der Waals surface area contributed by atoms with Crippen LogP contribution in [0.1, 0.15) is 0 Å². The second kappa shape index (κ2) is 15.9. The largest absolute Gasteiger partial charge is 0.309 e. The van der Waals surface area contributed by atoms with Gasteiger partial charge in [0.05, 0.1) is 22.4 Å². The first-order chi connectivity index (χ1) is 32.1. The van der Waals surface area contributed by atoms with E-state index < -0.39 is 7.14 Å². The molecule has 0 aliphatic carbocycles. The lowest BCUT2D eigenvalue weighted by atomic mass is 9.86. The van der Waals surface area contributed by atoms with Crippen LogP contribution >= 0.6 is 7.14 Å². The highest BCUT2D eigenvalue weighted by Crippen LogP contribution is 2.47. The zero-order valence-electron chi connectivity index (χ0n) is 35.3. The lowest BCUT2D eigenvalue weighted by Crippen LogP contribution is -2.25. The van der Waals surface area contributed by atoms with Gasteiger partial charge in [-0.15, -0.1) is 0 Å². The molecule has 65 heavy (non-hydrogen) atoms. The smallest absolute Gasteiger partial charge is 0.235 e. The van der Waals surface area contributed by atoms with Gasteiger partial charge in [0.15, 0.2) is 7.14 Å². The van der Waals surface area contributed by atoms with Crippen LogP contribution in [-0.2, 0) is 4.57 Å². The molecule has 0 amide bonds. The molecule has 5 heteroatoms. The van der Waals surface area contributed by atoms with Crippen molar-refractivity contribution < 1.29 is 4.57 Å². The van der Waals surface area contributed by atoms with Crippen molar-refractivity contribution in [3.05, 3.63) is 243 Å². The Morgan fingerprint density at radius 1 is 0.308 bits per heavy atom. The first-order valence-corrected chi connectivity index (χ1v) is 23.6. The molecule has 0 fully saturated rings. The summed E-state index contributed by atoms with van der Waals surface area (Å²) < 4.78 is 17.8.